The molecule has 0 saturated heterocycles. The molecule has 2 aromatic rings. The van der Waals surface area contributed by atoms with Crippen molar-refractivity contribution < 1.29 is 4.39 Å². The molecule has 3 nitrogen and oxygen atoms in total. The average Bonchev–Trinajstić information content (AvgIpc) is 2.27. The first-order chi connectivity index (χ1) is 8.08. The molecular weight excluding hydrogens is 217 g/mol. The number of nitrogen functional groups attached to an aromatic ring is 1. The Bertz CT molecular complexity index is 520. The van der Waals surface area contributed by atoms with Crippen molar-refractivity contribution in [3.8, 4) is 0 Å². The van der Waals surface area contributed by atoms with Gasteiger partial charge in [0.25, 0.3) is 0 Å². The predicted molar refractivity (Wildman–Crippen MR) is 65.8 cm³/mol. The Kier molecular flexibility index (Phi) is 3.06. The van der Waals surface area contributed by atoms with Crippen LogP contribution in [0.15, 0.2) is 36.5 Å². The number of anilines is 1. The highest BCUT2D eigenvalue weighted by molar-refractivity contribution is 5.45. The summed E-state index contributed by atoms with van der Waals surface area (Å²) in [6, 6.07) is 7.83. The Labute approximate surface area is 99.3 Å². The molecule has 0 aliphatic heterocycles. The summed E-state index contributed by atoms with van der Waals surface area (Å²) in [5.41, 5.74) is 14.1. The molecule has 0 spiro atoms. The number of hydrogen-bond acceptors (Lipinski definition) is 3. The van der Waals surface area contributed by atoms with Gasteiger partial charge in [0.2, 0.25) is 0 Å². The van der Waals surface area contributed by atoms with Crippen LogP contribution in [0, 0.1) is 12.7 Å². The van der Waals surface area contributed by atoms with Crippen LogP contribution in [0.5, 0.6) is 0 Å². The number of aromatic nitrogens is 1. The maximum Gasteiger partial charge on any atom is 0.128 e. The molecule has 1 atom stereocenters. The Balaban J connectivity index is 2.43. The van der Waals surface area contributed by atoms with Gasteiger partial charge in [0.1, 0.15) is 11.6 Å². The summed E-state index contributed by atoms with van der Waals surface area (Å²) in [4.78, 5) is 3.97. The molecule has 2 rings (SSSR count). The summed E-state index contributed by atoms with van der Waals surface area (Å²) < 4.78 is 13.3. The zero-order valence-electron chi connectivity index (χ0n) is 9.52. The number of hydrogen-bond donors (Lipinski definition) is 2. The fourth-order valence-electron chi connectivity index (χ4n) is 1.82. The van der Waals surface area contributed by atoms with Crippen LogP contribution in [0.25, 0.3) is 0 Å². The third-order valence-electron chi connectivity index (χ3n) is 2.63. The van der Waals surface area contributed by atoms with E-state index in [1.54, 1.807) is 18.3 Å². The summed E-state index contributed by atoms with van der Waals surface area (Å²) in [7, 11) is 0. The standard InChI is InChI=1S/C13H14FN3/c1-8-5-9(7-10(14)6-8)12(15)11-3-2-4-17-13(11)16/h2-7,12H,15H2,1H3,(H2,16,17). The van der Waals surface area contributed by atoms with Gasteiger partial charge in [0.05, 0.1) is 6.04 Å². The van der Waals surface area contributed by atoms with Crippen molar-refractivity contribution in [3.05, 3.63) is 59.0 Å². The molecule has 0 aliphatic carbocycles. The van der Waals surface area contributed by atoms with E-state index in [1.165, 1.54) is 12.1 Å². The van der Waals surface area contributed by atoms with Crippen molar-refractivity contribution in [1.29, 1.82) is 0 Å². The second-order valence-corrected chi connectivity index (χ2v) is 4.02. The Morgan fingerprint density at radius 2 is 2.06 bits per heavy atom. The molecule has 4 N–H and O–H groups in total. The van der Waals surface area contributed by atoms with Gasteiger partial charge in [0.15, 0.2) is 0 Å². The molecule has 17 heavy (non-hydrogen) atoms. The third-order valence-corrected chi connectivity index (χ3v) is 2.63. The molecule has 0 aliphatic rings. The first kappa shape index (κ1) is 11.5. The van der Waals surface area contributed by atoms with Gasteiger partial charge in [0, 0.05) is 11.8 Å². The van der Waals surface area contributed by atoms with Gasteiger partial charge in [-0.2, -0.15) is 0 Å². The molecule has 1 unspecified atom stereocenters. The molecule has 0 saturated carbocycles. The lowest BCUT2D eigenvalue weighted by atomic mass is 9.98. The number of rotatable bonds is 2. The number of halogens is 1. The molecule has 0 fully saturated rings. The first-order valence-corrected chi connectivity index (χ1v) is 5.31. The minimum Gasteiger partial charge on any atom is -0.383 e. The minimum absolute atomic E-state index is 0.294. The first-order valence-electron chi connectivity index (χ1n) is 5.31. The quantitative estimate of drug-likeness (QED) is 0.832. The van der Waals surface area contributed by atoms with Crippen LogP contribution in [0.2, 0.25) is 0 Å². The van der Waals surface area contributed by atoms with Gasteiger partial charge in [-0.3, -0.25) is 0 Å². The number of benzene rings is 1. The van der Waals surface area contributed by atoms with Gasteiger partial charge in [-0.25, -0.2) is 9.37 Å². The molecule has 88 valence electrons. The van der Waals surface area contributed by atoms with Crippen LogP contribution in [0.3, 0.4) is 0 Å². The summed E-state index contributed by atoms with van der Waals surface area (Å²) in [6.07, 6.45) is 1.60. The number of pyridine rings is 1. The van der Waals surface area contributed by atoms with Crippen molar-refractivity contribution in [3.63, 3.8) is 0 Å². The zero-order chi connectivity index (χ0) is 12.4. The Hall–Kier alpha value is -1.94. The maximum absolute atomic E-state index is 13.3. The fraction of sp³-hybridized carbons (Fsp3) is 0.154. The van der Waals surface area contributed by atoms with Gasteiger partial charge < -0.3 is 11.5 Å². The van der Waals surface area contributed by atoms with Crippen molar-refractivity contribution >= 4 is 5.82 Å². The van der Waals surface area contributed by atoms with Crippen LogP contribution >= 0.6 is 0 Å². The Morgan fingerprint density at radius 3 is 2.71 bits per heavy atom. The van der Waals surface area contributed by atoms with Crippen molar-refractivity contribution in [1.82, 2.24) is 4.98 Å². The number of nitrogens with zero attached hydrogens (tertiary/aromatic N) is 1. The van der Waals surface area contributed by atoms with E-state index in [1.807, 2.05) is 13.0 Å². The van der Waals surface area contributed by atoms with E-state index in [0.29, 0.717) is 16.9 Å². The third kappa shape index (κ3) is 2.42. The normalized spacial score (nSPS) is 12.4. The summed E-state index contributed by atoms with van der Waals surface area (Å²) in [6.45, 7) is 1.83. The number of aryl methyl sites for hydroxylation is 1. The van der Waals surface area contributed by atoms with E-state index in [0.717, 1.165) is 5.56 Å². The van der Waals surface area contributed by atoms with Crippen molar-refractivity contribution in [2.75, 3.05) is 5.73 Å². The fourth-order valence-corrected chi connectivity index (χ4v) is 1.82. The van der Waals surface area contributed by atoms with Gasteiger partial charge in [-0.1, -0.05) is 12.1 Å². The smallest absolute Gasteiger partial charge is 0.128 e. The zero-order valence-corrected chi connectivity index (χ0v) is 9.52. The minimum atomic E-state index is -0.460. The van der Waals surface area contributed by atoms with E-state index in [4.69, 9.17) is 11.5 Å². The van der Waals surface area contributed by atoms with Gasteiger partial charge in [-0.05, 0) is 36.2 Å². The molecule has 4 heteroatoms. The average molecular weight is 231 g/mol. The largest absolute Gasteiger partial charge is 0.383 e. The van der Waals surface area contributed by atoms with E-state index in [-0.39, 0.29) is 5.82 Å². The molecular formula is C13H14FN3. The lowest BCUT2D eigenvalue weighted by Gasteiger charge is -2.14. The molecule has 1 aromatic heterocycles. The molecule has 0 amide bonds. The van der Waals surface area contributed by atoms with Crippen molar-refractivity contribution in [2.45, 2.75) is 13.0 Å². The van der Waals surface area contributed by atoms with Crippen LogP contribution in [-0.2, 0) is 0 Å². The van der Waals surface area contributed by atoms with Crippen LogP contribution in [-0.4, -0.2) is 4.98 Å². The van der Waals surface area contributed by atoms with E-state index >= 15 is 0 Å². The second kappa shape index (κ2) is 4.51. The second-order valence-electron chi connectivity index (χ2n) is 4.02. The Morgan fingerprint density at radius 1 is 1.29 bits per heavy atom. The summed E-state index contributed by atoms with van der Waals surface area (Å²) >= 11 is 0. The molecule has 1 aromatic carbocycles. The SMILES string of the molecule is Cc1cc(F)cc(C(N)c2cccnc2N)c1. The van der Waals surface area contributed by atoms with Crippen LogP contribution in [0.4, 0.5) is 10.2 Å². The van der Waals surface area contributed by atoms with Crippen LogP contribution < -0.4 is 11.5 Å². The highest BCUT2D eigenvalue weighted by Crippen LogP contribution is 2.24. The lowest BCUT2D eigenvalue weighted by molar-refractivity contribution is 0.622. The highest BCUT2D eigenvalue weighted by Gasteiger charge is 2.13. The maximum atomic E-state index is 13.3. The molecule has 0 radical (unpaired) electrons. The van der Waals surface area contributed by atoms with Gasteiger partial charge in [-0.15, -0.1) is 0 Å². The monoisotopic (exact) mass is 231 g/mol. The predicted octanol–water partition coefficient (Wildman–Crippen LogP) is 2.16. The lowest BCUT2D eigenvalue weighted by Crippen LogP contribution is -2.15. The van der Waals surface area contributed by atoms with E-state index in [2.05, 4.69) is 4.98 Å². The molecule has 0 bridgehead atoms. The highest BCUT2D eigenvalue weighted by atomic mass is 19.1. The molecule has 1 heterocycles. The van der Waals surface area contributed by atoms with Crippen molar-refractivity contribution in [2.24, 2.45) is 5.73 Å². The van der Waals surface area contributed by atoms with E-state index in [9.17, 15) is 4.39 Å². The van der Waals surface area contributed by atoms with E-state index < -0.39 is 6.04 Å². The summed E-state index contributed by atoms with van der Waals surface area (Å²) in [5.74, 6) is 0.0832. The van der Waals surface area contributed by atoms with Crippen LogP contribution in [0.1, 0.15) is 22.7 Å². The number of nitrogens with two attached hydrogens (primary N) is 2. The summed E-state index contributed by atoms with van der Waals surface area (Å²) in [5, 5.41) is 0. The topological polar surface area (TPSA) is 64.9 Å². The van der Waals surface area contributed by atoms with Gasteiger partial charge >= 0.3 is 0 Å².